The number of benzene rings is 1. The van der Waals surface area contributed by atoms with Gasteiger partial charge in [0.15, 0.2) is 0 Å². The van der Waals surface area contributed by atoms with Crippen LogP contribution in [0.25, 0.3) is 0 Å². The fraction of sp³-hybridized carbons (Fsp3) is 0.562. The number of carbonyl (C=O) groups excluding carboxylic acids is 1. The molecule has 0 radical (unpaired) electrons. The Bertz CT molecular complexity index is 449. The molecule has 0 aliphatic carbocycles. The Labute approximate surface area is 131 Å². The molecule has 0 aromatic heterocycles. The number of aliphatic hydroxyl groups excluding tert-OH is 1. The first-order chi connectivity index (χ1) is 9.93. The molecular formula is C16H24ClNO3. The van der Waals surface area contributed by atoms with Crippen LogP contribution in [0.15, 0.2) is 24.3 Å². The highest BCUT2D eigenvalue weighted by Crippen LogP contribution is 2.20. The zero-order chi connectivity index (χ0) is 15.7. The van der Waals surface area contributed by atoms with Crippen molar-refractivity contribution in [1.82, 2.24) is 5.32 Å². The Balaban J connectivity index is 2.22. The van der Waals surface area contributed by atoms with Crippen molar-refractivity contribution >= 4 is 17.5 Å². The molecule has 0 aliphatic heterocycles. The van der Waals surface area contributed by atoms with Gasteiger partial charge in [0, 0.05) is 18.2 Å². The summed E-state index contributed by atoms with van der Waals surface area (Å²) in [5.41, 5.74) is -0.00774. The molecule has 0 saturated carbocycles. The van der Waals surface area contributed by atoms with Gasteiger partial charge in [0.1, 0.15) is 5.75 Å². The third-order valence-corrected chi connectivity index (χ3v) is 3.40. The standard InChI is InChI=1S/C16H24ClNO3/c1-16(2,8-4-9-19)12-18-15(20)7-10-21-14-6-3-5-13(17)11-14/h3,5-6,11,19H,4,7-10,12H2,1-2H3,(H,18,20). The lowest BCUT2D eigenvalue weighted by molar-refractivity contribution is -0.122. The molecule has 0 bridgehead atoms. The molecule has 0 heterocycles. The molecule has 0 atom stereocenters. The first-order valence-corrected chi connectivity index (χ1v) is 7.57. The average Bonchev–Trinajstić information content (AvgIpc) is 2.43. The van der Waals surface area contributed by atoms with E-state index in [1.165, 1.54) is 0 Å². The van der Waals surface area contributed by atoms with Gasteiger partial charge >= 0.3 is 0 Å². The molecule has 0 fully saturated rings. The normalized spacial score (nSPS) is 11.2. The van der Waals surface area contributed by atoms with Crippen LogP contribution in [0.4, 0.5) is 0 Å². The molecule has 0 spiro atoms. The molecule has 118 valence electrons. The van der Waals surface area contributed by atoms with Gasteiger partial charge in [0.2, 0.25) is 5.91 Å². The van der Waals surface area contributed by atoms with E-state index in [1.54, 1.807) is 18.2 Å². The molecule has 1 aromatic carbocycles. The highest BCUT2D eigenvalue weighted by Gasteiger charge is 2.18. The minimum atomic E-state index is -0.0332. The fourth-order valence-electron chi connectivity index (χ4n) is 1.89. The first kappa shape index (κ1) is 17.8. The van der Waals surface area contributed by atoms with Gasteiger partial charge in [-0.25, -0.2) is 0 Å². The van der Waals surface area contributed by atoms with Crippen LogP contribution in [0.1, 0.15) is 33.1 Å². The summed E-state index contributed by atoms with van der Waals surface area (Å²) in [6.07, 6.45) is 1.94. The Morgan fingerprint density at radius 2 is 2.19 bits per heavy atom. The summed E-state index contributed by atoms with van der Waals surface area (Å²) in [6.45, 7) is 5.26. The number of aliphatic hydroxyl groups is 1. The monoisotopic (exact) mass is 313 g/mol. The van der Waals surface area contributed by atoms with Crippen molar-refractivity contribution in [3.05, 3.63) is 29.3 Å². The quantitative estimate of drug-likeness (QED) is 0.737. The van der Waals surface area contributed by atoms with Crippen molar-refractivity contribution in [3.63, 3.8) is 0 Å². The lowest BCUT2D eigenvalue weighted by atomic mass is 9.88. The van der Waals surface area contributed by atoms with Crippen LogP contribution < -0.4 is 10.1 Å². The second-order valence-electron chi connectivity index (χ2n) is 5.82. The van der Waals surface area contributed by atoms with Gasteiger partial charge in [-0.3, -0.25) is 4.79 Å². The molecule has 2 N–H and O–H groups in total. The van der Waals surface area contributed by atoms with Crippen molar-refractivity contribution < 1.29 is 14.6 Å². The Kier molecular flexibility index (Phi) is 7.54. The zero-order valence-electron chi connectivity index (χ0n) is 12.7. The largest absolute Gasteiger partial charge is 0.493 e. The van der Waals surface area contributed by atoms with Gasteiger partial charge in [-0.15, -0.1) is 0 Å². The van der Waals surface area contributed by atoms with E-state index >= 15 is 0 Å². The van der Waals surface area contributed by atoms with E-state index in [2.05, 4.69) is 19.2 Å². The number of carbonyl (C=O) groups is 1. The summed E-state index contributed by atoms with van der Waals surface area (Å²) in [6, 6.07) is 7.11. The summed E-state index contributed by atoms with van der Waals surface area (Å²) >= 11 is 5.85. The molecule has 0 saturated heterocycles. The Morgan fingerprint density at radius 3 is 2.86 bits per heavy atom. The third-order valence-electron chi connectivity index (χ3n) is 3.17. The van der Waals surface area contributed by atoms with E-state index in [4.69, 9.17) is 21.4 Å². The first-order valence-electron chi connectivity index (χ1n) is 7.19. The number of hydrogen-bond acceptors (Lipinski definition) is 3. The maximum atomic E-state index is 11.8. The highest BCUT2D eigenvalue weighted by atomic mass is 35.5. The van der Waals surface area contributed by atoms with Gasteiger partial charge in [-0.1, -0.05) is 31.5 Å². The molecular weight excluding hydrogens is 290 g/mol. The minimum absolute atomic E-state index is 0.00774. The van der Waals surface area contributed by atoms with Crippen molar-refractivity contribution in [2.75, 3.05) is 19.8 Å². The van der Waals surface area contributed by atoms with Crippen molar-refractivity contribution in [2.45, 2.75) is 33.1 Å². The lowest BCUT2D eigenvalue weighted by Gasteiger charge is -2.24. The van der Waals surface area contributed by atoms with E-state index in [0.29, 0.717) is 30.3 Å². The van der Waals surface area contributed by atoms with Gasteiger partial charge in [0.25, 0.3) is 0 Å². The molecule has 5 heteroatoms. The smallest absolute Gasteiger partial charge is 0.223 e. The summed E-state index contributed by atoms with van der Waals surface area (Å²) in [5, 5.41) is 12.4. The average molecular weight is 314 g/mol. The Hall–Kier alpha value is -1.26. The van der Waals surface area contributed by atoms with Crippen molar-refractivity contribution in [3.8, 4) is 5.75 Å². The Morgan fingerprint density at radius 1 is 1.43 bits per heavy atom. The maximum Gasteiger partial charge on any atom is 0.223 e. The van der Waals surface area contributed by atoms with Crippen LogP contribution in [-0.2, 0) is 4.79 Å². The SMILES string of the molecule is CC(C)(CCCO)CNC(=O)CCOc1cccc(Cl)c1. The molecule has 4 nitrogen and oxygen atoms in total. The van der Waals surface area contributed by atoms with Crippen molar-refractivity contribution in [1.29, 1.82) is 0 Å². The fourth-order valence-corrected chi connectivity index (χ4v) is 2.07. The molecule has 1 rings (SSSR count). The number of halogens is 1. The number of ether oxygens (including phenoxy) is 1. The molecule has 0 unspecified atom stereocenters. The number of rotatable bonds is 9. The topological polar surface area (TPSA) is 58.6 Å². The summed E-state index contributed by atoms with van der Waals surface area (Å²) in [5.74, 6) is 0.632. The lowest BCUT2D eigenvalue weighted by Crippen LogP contribution is -2.34. The highest BCUT2D eigenvalue weighted by molar-refractivity contribution is 6.30. The van der Waals surface area contributed by atoms with Gasteiger partial charge in [-0.2, -0.15) is 0 Å². The predicted molar refractivity (Wildman–Crippen MR) is 84.7 cm³/mol. The van der Waals surface area contributed by atoms with Crippen LogP contribution >= 0.6 is 11.6 Å². The van der Waals surface area contributed by atoms with Crippen LogP contribution in [0.3, 0.4) is 0 Å². The summed E-state index contributed by atoms with van der Waals surface area (Å²) < 4.78 is 5.48. The molecule has 0 aliphatic rings. The molecule has 1 aromatic rings. The number of amides is 1. The minimum Gasteiger partial charge on any atom is -0.493 e. The van der Waals surface area contributed by atoms with Gasteiger partial charge in [0.05, 0.1) is 13.0 Å². The van der Waals surface area contributed by atoms with Crippen LogP contribution in [0.2, 0.25) is 5.02 Å². The van der Waals surface area contributed by atoms with Gasteiger partial charge < -0.3 is 15.2 Å². The van der Waals surface area contributed by atoms with Gasteiger partial charge in [-0.05, 0) is 36.5 Å². The molecule has 1 amide bonds. The maximum absolute atomic E-state index is 11.8. The summed E-state index contributed by atoms with van der Waals surface area (Å²) in [4.78, 5) is 11.8. The van der Waals surface area contributed by atoms with E-state index in [-0.39, 0.29) is 17.9 Å². The van der Waals surface area contributed by atoms with Crippen molar-refractivity contribution in [2.24, 2.45) is 5.41 Å². The van der Waals surface area contributed by atoms with E-state index < -0.39 is 0 Å². The van der Waals surface area contributed by atoms with E-state index in [9.17, 15) is 4.79 Å². The zero-order valence-corrected chi connectivity index (χ0v) is 13.4. The predicted octanol–water partition coefficient (Wildman–Crippen LogP) is 3.02. The third kappa shape index (κ3) is 7.93. The second kappa shape index (κ2) is 8.90. The number of nitrogens with one attached hydrogen (secondary N) is 1. The van der Waals surface area contributed by atoms with E-state index in [1.807, 2.05) is 6.07 Å². The molecule has 21 heavy (non-hydrogen) atoms. The van der Waals surface area contributed by atoms with E-state index in [0.717, 1.165) is 12.8 Å². The van der Waals surface area contributed by atoms with Crippen LogP contribution in [-0.4, -0.2) is 30.8 Å². The second-order valence-corrected chi connectivity index (χ2v) is 6.26. The van der Waals surface area contributed by atoms with Crippen LogP contribution in [0, 0.1) is 5.41 Å². The van der Waals surface area contributed by atoms with Crippen LogP contribution in [0.5, 0.6) is 5.75 Å². The number of hydrogen-bond donors (Lipinski definition) is 2. The summed E-state index contributed by atoms with van der Waals surface area (Å²) in [7, 11) is 0.